The Morgan fingerprint density at radius 1 is 1.20 bits per heavy atom. The second kappa shape index (κ2) is 8.00. The standard InChI is InChI=1S/C15H13NO3S/c17-15(18-12-13-6-2-1-3-7-13)16-19-10-4-8-14-9-5-11-20-14/h1-3,5-7,9,11H,10,12H2,(H,16,17). The second-order valence-corrected chi connectivity index (χ2v) is 4.68. The lowest BCUT2D eigenvalue weighted by molar-refractivity contribution is 0.0410. The summed E-state index contributed by atoms with van der Waals surface area (Å²) in [5.74, 6) is 5.69. The number of thiophene rings is 1. The molecule has 2 rings (SSSR count). The molecule has 0 bridgehead atoms. The first kappa shape index (κ1) is 14.1. The molecule has 0 atom stereocenters. The van der Waals surface area contributed by atoms with Crippen LogP contribution in [0.25, 0.3) is 0 Å². The average Bonchev–Trinajstić information content (AvgIpc) is 2.99. The van der Waals surface area contributed by atoms with Gasteiger partial charge in [-0.15, -0.1) is 11.3 Å². The van der Waals surface area contributed by atoms with Gasteiger partial charge in [-0.05, 0) is 17.0 Å². The molecule has 1 aromatic heterocycles. The van der Waals surface area contributed by atoms with Crippen molar-refractivity contribution in [2.24, 2.45) is 0 Å². The lowest BCUT2D eigenvalue weighted by Gasteiger charge is -2.05. The fourth-order valence-electron chi connectivity index (χ4n) is 1.36. The van der Waals surface area contributed by atoms with Crippen LogP contribution in [0.3, 0.4) is 0 Å². The maximum Gasteiger partial charge on any atom is 0.431 e. The number of hydroxylamine groups is 1. The van der Waals surface area contributed by atoms with E-state index in [1.165, 1.54) is 0 Å². The van der Waals surface area contributed by atoms with Gasteiger partial charge in [0.1, 0.15) is 13.2 Å². The smallest absolute Gasteiger partial charge is 0.431 e. The van der Waals surface area contributed by atoms with E-state index in [2.05, 4.69) is 17.3 Å². The van der Waals surface area contributed by atoms with Gasteiger partial charge in [-0.25, -0.2) is 4.79 Å². The third-order valence-corrected chi connectivity index (χ3v) is 3.03. The fraction of sp³-hybridized carbons (Fsp3) is 0.133. The third-order valence-electron chi connectivity index (χ3n) is 2.25. The fourth-order valence-corrected chi connectivity index (χ4v) is 1.95. The summed E-state index contributed by atoms with van der Waals surface area (Å²) >= 11 is 1.55. The van der Waals surface area contributed by atoms with Gasteiger partial charge in [-0.1, -0.05) is 48.2 Å². The van der Waals surface area contributed by atoms with Crippen LogP contribution in [0.4, 0.5) is 4.79 Å². The van der Waals surface area contributed by atoms with Gasteiger partial charge in [0.15, 0.2) is 0 Å². The molecule has 0 aliphatic heterocycles. The van der Waals surface area contributed by atoms with Crippen LogP contribution < -0.4 is 5.48 Å². The number of benzene rings is 1. The van der Waals surface area contributed by atoms with E-state index >= 15 is 0 Å². The first-order chi connectivity index (χ1) is 9.84. The molecule has 0 saturated heterocycles. The first-order valence-corrected chi connectivity index (χ1v) is 6.83. The predicted molar refractivity (Wildman–Crippen MR) is 76.9 cm³/mol. The van der Waals surface area contributed by atoms with Gasteiger partial charge in [-0.2, -0.15) is 5.48 Å². The lowest BCUT2D eigenvalue weighted by Crippen LogP contribution is -2.24. The van der Waals surface area contributed by atoms with Crippen molar-refractivity contribution in [3.8, 4) is 11.8 Å². The van der Waals surface area contributed by atoms with E-state index in [1.54, 1.807) is 11.3 Å². The van der Waals surface area contributed by atoms with E-state index < -0.39 is 6.09 Å². The number of amides is 1. The van der Waals surface area contributed by atoms with Crippen LogP contribution in [-0.4, -0.2) is 12.7 Å². The minimum absolute atomic E-state index is 0.109. The molecule has 0 aliphatic rings. The average molecular weight is 287 g/mol. The van der Waals surface area contributed by atoms with E-state index in [4.69, 9.17) is 9.57 Å². The summed E-state index contributed by atoms with van der Waals surface area (Å²) in [6.45, 7) is 0.315. The topological polar surface area (TPSA) is 47.6 Å². The largest absolute Gasteiger partial charge is 0.443 e. The summed E-state index contributed by atoms with van der Waals surface area (Å²) in [6, 6.07) is 13.3. The Balaban J connectivity index is 1.61. The van der Waals surface area contributed by atoms with Crippen LogP contribution in [0.15, 0.2) is 47.8 Å². The SMILES string of the molecule is O=C(NOCC#Cc1cccs1)OCc1ccccc1. The zero-order valence-electron chi connectivity index (χ0n) is 10.7. The molecule has 0 saturated carbocycles. The minimum Gasteiger partial charge on any atom is -0.443 e. The summed E-state index contributed by atoms with van der Waals surface area (Å²) in [5.41, 5.74) is 3.09. The maximum atomic E-state index is 11.3. The highest BCUT2D eigenvalue weighted by molar-refractivity contribution is 7.10. The quantitative estimate of drug-likeness (QED) is 0.534. The summed E-state index contributed by atoms with van der Waals surface area (Å²) in [7, 11) is 0. The van der Waals surface area contributed by atoms with Gasteiger partial charge in [0, 0.05) is 0 Å². The zero-order valence-corrected chi connectivity index (χ0v) is 11.5. The normalized spacial score (nSPS) is 9.40. The summed E-state index contributed by atoms with van der Waals surface area (Å²) < 4.78 is 4.96. The molecule has 0 fully saturated rings. The number of hydrogen-bond acceptors (Lipinski definition) is 4. The summed E-state index contributed by atoms with van der Waals surface area (Å²) in [5, 5.41) is 1.95. The molecule has 1 heterocycles. The van der Waals surface area contributed by atoms with E-state index in [9.17, 15) is 4.79 Å². The van der Waals surface area contributed by atoms with Crippen molar-refractivity contribution in [1.82, 2.24) is 5.48 Å². The van der Waals surface area contributed by atoms with Crippen LogP contribution in [0.5, 0.6) is 0 Å². The van der Waals surface area contributed by atoms with Crippen LogP contribution >= 0.6 is 11.3 Å². The van der Waals surface area contributed by atoms with E-state index in [1.807, 2.05) is 47.8 Å². The summed E-state index contributed by atoms with van der Waals surface area (Å²) in [6.07, 6.45) is -0.633. The Hall–Kier alpha value is -2.29. The molecule has 0 unspecified atom stereocenters. The zero-order chi connectivity index (χ0) is 14.0. The Labute approximate surface area is 121 Å². The summed E-state index contributed by atoms with van der Waals surface area (Å²) in [4.78, 5) is 17.2. The van der Waals surface area contributed by atoms with Gasteiger partial charge in [0.2, 0.25) is 0 Å². The van der Waals surface area contributed by atoms with Gasteiger partial charge in [0.05, 0.1) is 4.88 Å². The molecule has 0 spiro atoms. The number of carbonyl (C=O) groups excluding carboxylic acids is 1. The molecule has 20 heavy (non-hydrogen) atoms. The molecule has 1 amide bonds. The van der Waals surface area contributed by atoms with Crippen molar-refractivity contribution in [3.05, 3.63) is 58.3 Å². The van der Waals surface area contributed by atoms with Gasteiger partial charge >= 0.3 is 6.09 Å². The Kier molecular flexibility index (Phi) is 5.65. The Bertz CT molecular complexity index is 585. The first-order valence-electron chi connectivity index (χ1n) is 5.95. The van der Waals surface area contributed by atoms with Crippen LogP contribution in [0.2, 0.25) is 0 Å². The Morgan fingerprint density at radius 3 is 2.80 bits per heavy atom. The van der Waals surface area contributed by atoms with Crippen molar-refractivity contribution in [2.45, 2.75) is 6.61 Å². The molecule has 4 nitrogen and oxygen atoms in total. The van der Waals surface area contributed by atoms with Crippen molar-refractivity contribution < 1.29 is 14.4 Å². The van der Waals surface area contributed by atoms with Gasteiger partial charge in [0.25, 0.3) is 0 Å². The monoisotopic (exact) mass is 287 g/mol. The molecule has 102 valence electrons. The lowest BCUT2D eigenvalue weighted by atomic mass is 10.2. The van der Waals surface area contributed by atoms with E-state index in [0.717, 1.165) is 10.4 Å². The number of hydrogen-bond donors (Lipinski definition) is 1. The number of rotatable bonds is 4. The van der Waals surface area contributed by atoms with Crippen molar-refractivity contribution in [3.63, 3.8) is 0 Å². The molecule has 0 radical (unpaired) electrons. The highest BCUT2D eigenvalue weighted by Crippen LogP contribution is 2.05. The highest BCUT2D eigenvalue weighted by Gasteiger charge is 2.01. The number of ether oxygens (including phenoxy) is 1. The molecular formula is C15H13NO3S. The third kappa shape index (κ3) is 5.14. The van der Waals surface area contributed by atoms with Gasteiger partial charge in [-0.3, -0.25) is 4.84 Å². The van der Waals surface area contributed by atoms with Gasteiger partial charge < -0.3 is 4.74 Å². The number of carbonyl (C=O) groups is 1. The van der Waals surface area contributed by atoms with Crippen molar-refractivity contribution in [2.75, 3.05) is 6.61 Å². The van der Waals surface area contributed by atoms with Crippen LogP contribution in [-0.2, 0) is 16.2 Å². The van der Waals surface area contributed by atoms with Crippen LogP contribution in [0, 0.1) is 11.8 Å². The predicted octanol–water partition coefficient (Wildman–Crippen LogP) is 2.96. The Morgan fingerprint density at radius 2 is 2.05 bits per heavy atom. The minimum atomic E-state index is -0.633. The molecule has 0 aliphatic carbocycles. The highest BCUT2D eigenvalue weighted by atomic mass is 32.1. The number of nitrogens with one attached hydrogen (secondary N) is 1. The van der Waals surface area contributed by atoms with Crippen molar-refractivity contribution in [1.29, 1.82) is 0 Å². The maximum absolute atomic E-state index is 11.3. The second-order valence-electron chi connectivity index (χ2n) is 3.73. The molecule has 2 aromatic rings. The molecule has 5 heteroatoms. The molecule has 1 N–H and O–H groups in total. The van der Waals surface area contributed by atoms with E-state index in [-0.39, 0.29) is 13.2 Å². The van der Waals surface area contributed by atoms with Crippen molar-refractivity contribution >= 4 is 17.4 Å². The van der Waals surface area contributed by atoms with E-state index in [0.29, 0.717) is 0 Å². The molecule has 1 aromatic carbocycles. The van der Waals surface area contributed by atoms with Crippen LogP contribution in [0.1, 0.15) is 10.4 Å². The molecular weight excluding hydrogens is 274 g/mol.